The summed E-state index contributed by atoms with van der Waals surface area (Å²) >= 11 is 0. The molecule has 20 heavy (non-hydrogen) atoms. The van der Waals surface area contributed by atoms with Gasteiger partial charge in [-0.15, -0.1) is 0 Å². The number of nitrogens with one attached hydrogen (secondary N) is 2. The standard InChI is InChI=1S/C14H18N2O4/c1-9(2)12(17)15-7-8-16-13(18)10-5-3-4-6-11(10)14(19)20/h3-6,9H,7-8H2,1-2H3,(H,15,17)(H,16,18)(H,19,20). The maximum Gasteiger partial charge on any atom is 0.336 e. The summed E-state index contributed by atoms with van der Waals surface area (Å²) in [4.78, 5) is 34.1. The molecule has 0 bridgehead atoms. The average molecular weight is 278 g/mol. The van der Waals surface area contributed by atoms with Crippen LogP contribution in [-0.2, 0) is 4.79 Å². The number of hydrogen-bond acceptors (Lipinski definition) is 3. The van der Waals surface area contributed by atoms with E-state index in [4.69, 9.17) is 5.11 Å². The van der Waals surface area contributed by atoms with Gasteiger partial charge < -0.3 is 15.7 Å². The average Bonchev–Trinajstić information content (AvgIpc) is 2.42. The van der Waals surface area contributed by atoms with Crippen LogP contribution in [0.5, 0.6) is 0 Å². The van der Waals surface area contributed by atoms with E-state index in [0.717, 1.165) is 0 Å². The molecule has 0 saturated heterocycles. The first kappa shape index (κ1) is 15.7. The normalized spacial score (nSPS) is 10.2. The number of carboxylic acid groups (broad SMARTS) is 1. The van der Waals surface area contributed by atoms with E-state index in [1.807, 2.05) is 0 Å². The maximum atomic E-state index is 11.9. The number of aromatic carboxylic acids is 1. The lowest BCUT2D eigenvalue weighted by Gasteiger charge is -2.09. The molecule has 1 aromatic carbocycles. The second-order valence-electron chi connectivity index (χ2n) is 4.55. The zero-order chi connectivity index (χ0) is 15.1. The van der Waals surface area contributed by atoms with Gasteiger partial charge in [0.2, 0.25) is 5.91 Å². The smallest absolute Gasteiger partial charge is 0.336 e. The predicted octanol–water partition coefficient (Wildman–Crippen LogP) is 0.887. The van der Waals surface area contributed by atoms with Gasteiger partial charge in [-0.1, -0.05) is 26.0 Å². The summed E-state index contributed by atoms with van der Waals surface area (Å²) in [6.07, 6.45) is 0. The van der Waals surface area contributed by atoms with Crippen LogP contribution in [0.1, 0.15) is 34.6 Å². The van der Waals surface area contributed by atoms with Gasteiger partial charge in [-0.3, -0.25) is 9.59 Å². The molecular weight excluding hydrogens is 260 g/mol. The van der Waals surface area contributed by atoms with Crippen molar-refractivity contribution in [1.29, 1.82) is 0 Å². The van der Waals surface area contributed by atoms with E-state index in [1.54, 1.807) is 26.0 Å². The van der Waals surface area contributed by atoms with Gasteiger partial charge in [-0.2, -0.15) is 0 Å². The van der Waals surface area contributed by atoms with Crippen molar-refractivity contribution >= 4 is 17.8 Å². The lowest BCUT2D eigenvalue weighted by Crippen LogP contribution is -2.36. The predicted molar refractivity (Wildman–Crippen MR) is 73.6 cm³/mol. The molecule has 0 radical (unpaired) electrons. The molecule has 0 spiro atoms. The molecule has 0 aliphatic heterocycles. The largest absolute Gasteiger partial charge is 0.478 e. The van der Waals surface area contributed by atoms with Gasteiger partial charge in [0.05, 0.1) is 11.1 Å². The minimum atomic E-state index is -1.15. The molecule has 2 amide bonds. The Morgan fingerprint density at radius 1 is 1.05 bits per heavy atom. The molecule has 0 unspecified atom stereocenters. The van der Waals surface area contributed by atoms with Gasteiger partial charge in [-0.05, 0) is 12.1 Å². The molecule has 0 heterocycles. The monoisotopic (exact) mass is 278 g/mol. The van der Waals surface area contributed by atoms with Crippen LogP contribution >= 0.6 is 0 Å². The van der Waals surface area contributed by atoms with Crippen molar-refractivity contribution in [2.24, 2.45) is 5.92 Å². The second-order valence-corrected chi connectivity index (χ2v) is 4.55. The van der Waals surface area contributed by atoms with Crippen LogP contribution in [-0.4, -0.2) is 36.0 Å². The van der Waals surface area contributed by atoms with Crippen molar-refractivity contribution < 1.29 is 19.5 Å². The highest BCUT2D eigenvalue weighted by atomic mass is 16.4. The van der Waals surface area contributed by atoms with Crippen molar-refractivity contribution in [3.05, 3.63) is 35.4 Å². The van der Waals surface area contributed by atoms with Crippen LogP contribution in [0, 0.1) is 5.92 Å². The number of amides is 2. The topological polar surface area (TPSA) is 95.5 Å². The minimum Gasteiger partial charge on any atom is -0.478 e. The molecule has 0 saturated carbocycles. The van der Waals surface area contributed by atoms with E-state index < -0.39 is 11.9 Å². The molecule has 1 rings (SSSR count). The molecular formula is C14H18N2O4. The first-order valence-corrected chi connectivity index (χ1v) is 6.31. The summed E-state index contributed by atoms with van der Waals surface area (Å²) < 4.78 is 0. The number of benzene rings is 1. The van der Waals surface area contributed by atoms with Crippen LogP contribution in [0.25, 0.3) is 0 Å². The second kappa shape index (κ2) is 7.28. The van der Waals surface area contributed by atoms with E-state index in [0.29, 0.717) is 6.54 Å². The van der Waals surface area contributed by atoms with E-state index in [9.17, 15) is 14.4 Å². The van der Waals surface area contributed by atoms with Gasteiger partial charge in [0.1, 0.15) is 0 Å². The quantitative estimate of drug-likeness (QED) is 0.673. The van der Waals surface area contributed by atoms with Gasteiger partial charge in [0, 0.05) is 19.0 Å². The summed E-state index contributed by atoms with van der Waals surface area (Å²) in [5, 5.41) is 14.2. The highest BCUT2D eigenvalue weighted by molar-refractivity contribution is 6.04. The third kappa shape index (κ3) is 4.38. The number of carbonyl (C=O) groups is 3. The third-order valence-electron chi connectivity index (χ3n) is 2.64. The molecule has 1 aromatic rings. The van der Waals surface area contributed by atoms with Gasteiger partial charge in [-0.25, -0.2) is 4.79 Å². The molecule has 0 fully saturated rings. The number of carboxylic acids is 1. The van der Waals surface area contributed by atoms with Crippen LogP contribution in [0.2, 0.25) is 0 Å². The zero-order valence-corrected chi connectivity index (χ0v) is 11.5. The molecule has 0 aliphatic rings. The van der Waals surface area contributed by atoms with Crippen LogP contribution in [0.3, 0.4) is 0 Å². The Morgan fingerprint density at radius 3 is 2.15 bits per heavy atom. The van der Waals surface area contributed by atoms with Crippen molar-refractivity contribution in [2.45, 2.75) is 13.8 Å². The van der Waals surface area contributed by atoms with Gasteiger partial charge in [0.25, 0.3) is 5.91 Å². The lowest BCUT2D eigenvalue weighted by molar-refractivity contribution is -0.123. The molecule has 6 heteroatoms. The van der Waals surface area contributed by atoms with E-state index in [-0.39, 0.29) is 29.5 Å². The molecule has 0 aromatic heterocycles. The van der Waals surface area contributed by atoms with Crippen molar-refractivity contribution in [3.8, 4) is 0 Å². The zero-order valence-electron chi connectivity index (χ0n) is 11.5. The number of rotatable bonds is 6. The summed E-state index contributed by atoms with van der Waals surface area (Å²) in [5.74, 6) is -1.82. The first-order chi connectivity index (χ1) is 9.43. The fraction of sp³-hybridized carbons (Fsp3) is 0.357. The fourth-order valence-corrected chi connectivity index (χ4v) is 1.53. The molecule has 3 N–H and O–H groups in total. The Hall–Kier alpha value is -2.37. The molecule has 0 atom stereocenters. The highest BCUT2D eigenvalue weighted by Crippen LogP contribution is 2.08. The maximum absolute atomic E-state index is 11.9. The lowest BCUT2D eigenvalue weighted by atomic mass is 10.1. The van der Waals surface area contributed by atoms with Crippen molar-refractivity contribution in [3.63, 3.8) is 0 Å². The Kier molecular flexibility index (Phi) is 5.71. The molecule has 6 nitrogen and oxygen atoms in total. The summed E-state index contributed by atoms with van der Waals surface area (Å²) in [6.45, 7) is 4.09. The summed E-state index contributed by atoms with van der Waals surface area (Å²) in [6, 6.07) is 5.98. The van der Waals surface area contributed by atoms with Gasteiger partial charge >= 0.3 is 5.97 Å². The Labute approximate surface area is 117 Å². The van der Waals surface area contributed by atoms with E-state index in [2.05, 4.69) is 10.6 Å². The summed E-state index contributed by atoms with van der Waals surface area (Å²) in [5.41, 5.74) is 0.0615. The third-order valence-corrected chi connectivity index (χ3v) is 2.64. The van der Waals surface area contributed by atoms with Crippen LogP contribution in [0.15, 0.2) is 24.3 Å². The first-order valence-electron chi connectivity index (χ1n) is 6.31. The van der Waals surface area contributed by atoms with E-state index >= 15 is 0 Å². The van der Waals surface area contributed by atoms with Crippen molar-refractivity contribution in [2.75, 3.05) is 13.1 Å². The SMILES string of the molecule is CC(C)C(=O)NCCNC(=O)c1ccccc1C(=O)O. The number of carbonyl (C=O) groups excluding carboxylic acids is 2. The Balaban J connectivity index is 2.52. The summed E-state index contributed by atoms with van der Waals surface area (Å²) in [7, 11) is 0. The highest BCUT2D eigenvalue weighted by Gasteiger charge is 2.15. The van der Waals surface area contributed by atoms with Crippen molar-refractivity contribution in [1.82, 2.24) is 10.6 Å². The van der Waals surface area contributed by atoms with Crippen LogP contribution in [0.4, 0.5) is 0 Å². The minimum absolute atomic E-state index is 0.0452. The fourth-order valence-electron chi connectivity index (χ4n) is 1.53. The van der Waals surface area contributed by atoms with E-state index in [1.165, 1.54) is 12.1 Å². The molecule has 108 valence electrons. The Morgan fingerprint density at radius 2 is 1.60 bits per heavy atom. The Bertz CT molecular complexity index is 512. The van der Waals surface area contributed by atoms with Gasteiger partial charge in [0.15, 0.2) is 0 Å². The number of hydrogen-bond donors (Lipinski definition) is 3. The molecule has 0 aliphatic carbocycles. The van der Waals surface area contributed by atoms with Crippen LogP contribution < -0.4 is 10.6 Å².